The first-order chi connectivity index (χ1) is 17.3. The molecular formula is C28H31N5O3. The van der Waals surface area contributed by atoms with Gasteiger partial charge in [0.1, 0.15) is 11.3 Å². The predicted molar refractivity (Wildman–Crippen MR) is 140 cm³/mol. The van der Waals surface area contributed by atoms with E-state index in [1.807, 2.05) is 24.4 Å². The maximum absolute atomic E-state index is 12.6. The number of nitrogens with zero attached hydrogens (tertiary/aromatic N) is 4. The van der Waals surface area contributed by atoms with Crippen LogP contribution in [0.15, 0.2) is 48.8 Å². The Morgan fingerprint density at radius 1 is 1.25 bits per heavy atom. The maximum Gasteiger partial charge on any atom is 0.253 e. The summed E-state index contributed by atoms with van der Waals surface area (Å²) in [5.41, 5.74) is 8.20. The number of likely N-dealkylation sites (N-methyl/N-ethyl adjacent to an activating group) is 2. The van der Waals surface area contributed by atoms with Crippen molar-refractivity contribution in [3.63, 3.8) is 0 Å². The van der Waals surface area contributed by atoms with Crippen molar-refractivity contribution in [1.82, 2.24) is 24.8 Å². The summed E-state index contributed by atoms with van der Waals surface area (Å²) in [7, 11) is 5.52. The lowest BCUT2D eigenvalue weighted by Crippen LogP contribution is -2.32. The summed E-state index contributed by atoms with van der Waals surface area (Å²) >= 11 is 0. The molecule has 0 bridgehead atoms. The Labute approximate surface area is 210 Å². The van der Waals surface area contributed by atoms with Crippen molar-refractivity contribution < 1.29 is 14.6 Å². The van der Waals surface area contributed by atoms with E-state index >= 15 is 0 Å². The molecule has 36 heavy (non-hydrogen) atoms. The fourth-order valence-corrected chi connectivity index (χ4v) is 4.84. The fourth-order valence-electron chi connectivity index (χ4n) is 4.84. The molecule has 1 atom stereocenters. The number of carbonyl (C=O) groups is 1. The summed E-state index contributed by atoms with van der Waals surface area (Å²) in [5.74, 6) is 0.752. The van der Waals surface area contributed by atoms with E-state index < -0.39 is 6.10 Å². The molecule has 1 amide bonds. The Morgan fingerprint density at radius 3 is 2.75 bits per heavy atom. The summed E-state index contributed by atoms with van der Waals surface area (Å²) in [6.07, 6.45) is 4.08. The number of nitrogens with one attached hydrogen (secondary N) is 1. The minimum Gasteiger partial charge on any atom is -0.496 e. The van der Waals surface area contributed by atoms with Crippen LogP contribution in [-0.2, 0) is 13.0 Å². The van der Waals surface area contributed by atoms with Gasteiger partial charge in [-0.15, -0.1) is 0 Å². The number of aliphatic hydroxyl groups excluding tert-OH is 1. The van der Waals surface area contributed by atoms with Gasteiger partial charge < -0.3 is 24.6 Å². The van der Waals surface area contributed by atoms with Crippen LogP contribution in [0.4, 0.5) is 0 Å². The number of ether oxygens (including phenoxy) is 1. The molecule has 8 nitrogen and oxygen atoms in total. The van der Waals surface area contributed by atoms with Crippen molar-refractivity contribution in [2.24, 2.45) is 0 Å². The smallest absolute Gasteiger partial charge is 0.253 e. The molecule has 2 aromatic carbocycles. The number of aromatic amines is 1. The van der Waals surface area contributed by atoms with Crippen molar-refractivity contribution in [2.45, 2.75) is 26.0 Å². The number of carbonyl (C=O) groups excluding carboxylic acids is 1. The number of aromatic nitrogens is 3. The van der Waals surface area contributed by atoms with Gasteiger partial charge in [-0.25, -0.2) is 9.97 Å². The minimum absolute atomic E-state index is 0.129. The lowest BCUT2D eigenvalue weighted by atomic mass is 9.95. The summed E-state index contributed by atoms with van der Waals surface area (Å²) in [5, 5.41) is 9.57. The molecule has 5 rings (SSSR count). The van der Waals surface area contributed by atoms with E-state index in [0.29, 0.717) is 11.2 Å². The van der Waals surface area contributed by atoms with Crippen molar-refractivity contribution in [2.75, 3.05) is 34.3 Å². The number of aliphatic hydroxyl groups is 1. The average molecular weight is 486 g/mol. The van der Waals surface area contributed by atoms with Gasteiger partial charge in [0, 0.05) is 55.1 Å². The summed E-state index contributed by atoms with van der Waals surface area (Å²) in [6, 6.07) is 11.7. The molecule has 4 aromatic rings. The standard InChI is InChI=1S/C28H31N5O3/c1-17(34)15-33(3)28(35)19-7-5-18(6-8-19)22-13-29-27-26(22)31-24(14-30-27)21-11-20-9-10-32(2)16-23(20)25(12-21)36-4/h5-8,11-14,17,34H,9-10,15-16H2,1-4H3,(H,29,30)/t17-/m1/s1. The third-order valence-electron chi connectivity index (χ3n) is 6.72. The summed E-state index contributed by atoms with van der Waals surface area (Å²) < 4.78 is 5.73. The fraction of sp³-hybridized carbons (Fsp3) is 0.321. The molecule has 2 N–H and O–H groups in total. The molecule has 8 heteroatoms. The van der Waals surface area contributed by atoms with Crippen LogP contribution in [0.2, 0.25) is 0 Å². The van der Waals surface area contributed by atoms with Crippen molar-refractivity contribution in [3.8, 4) is 28.1 Å². The molecule has 0 saturated carbocycles. The first kappa shape index (κ1) is 24.0. The molecule has 0 aliphatic carbocycles. The monoisotopic (exact) mass is 485 g/mol. The van der Waals surface area contributed by atoms with Crippen LogP contribution in [-0.4, -0.2) is 76.2 Å². The van der Waals surface area contributed by atoms with Gasteiger partial charge in [0.15, 0.2) is 5.65 Å². The van der Waals surface area contributed by atoms with Crippen LogP contribution in [0.3, 0.4) is 0 Å². The molecule has 186 valence electrons. The van der Waals surface area contributed by atoms with Crippen LogP contribution in [0.25, 0.3) is 33.5 Å². The van der Waals surface area contributed by atoms with Gasteiger partial charge in [-0.2, -0.15) is 0 Å². The maximum atomic E-state index is 12.6. The van der Waals surface area contributed by atoms with Gasteiger partial charge in [0.05, 0.1) is 25.1 Å². The number of rotatable bonds is 6. The van der Waals surface area contributed by atoms with Gasteiger partial charge >= 0.3 is 0 Å². The third-order valence-corrected chi connectivity index (χ3v) is 6.72. The normalized spacial score (nSPS) is 14.5. The van der Waals surface area contributed by atoms with E-state index in [1.165, 1.54) is 16.0 Å². The zero-order valence-electron chi connectivity index (χ0n) is 21.1. The highest BCUT2D eigenvalue weighted by Gasteiger charge is 2.20. The van der Waals surface area contributed by atoms with Gasteiger partial charge in [-0.05, 0) is 55.8 Å². The second kappa shape index (κ2) is 9.72. The Hall–Kier alpha value is -3.75. The highest BCUT2D eigenvalue weighted by atomic mass is 16.5. The van der Waals surface area contributed by atoms with E-state index in [-0.39, 0.29) is 12.5 Å². The van der Waals surface area contributed by atoms with E-state index in [0.717, 1.165) is 53.2 Å². The van der Waals surface area contributed by atoms with Gasteiger partial charge in [-0.1, -0.05) is 12.1 Å². The lowest BCUT2D eigenvalue weighted by Gasteiger charge is -2.27. The van der Waals surface area contributed by atoms with Crippen LogP contribution >= 0.6 is 0 Å². The zero-order chi connectivity index (χ0) is 25.4. The van der Waals surface area contributed by atoms with Gasteiger partial charge in [-0.3, -0.25) is 4.79 Å². The first-order valence-electron chi connectivity index (χ1n) is 12.1. The molecule has 3 heterocycles. The molecule has 0 radical (unpaired) electrons. The topological polar surface area (TPSA) is 94.6 Å². The first-order valence-corrected chi connectivity index (χ1v) is 12.1. The molecule has 2 aromatic heterocycles. The number of amides is 1. The van der Waals surface area contributed by atoms with Crippen molar-refractivity contribution in [3.05, 3.63) is 65.5 Å². The van der Waals surface area contributed by atoms with E-state index in [9.17, 15) is 9.90 Å². The second-order valence-corrected chi connectivity index (χ2v) is 9.57. The minimum atomic E-state index is -0.575. The number of H-pyrrole nitrogens is 1. The second-order valence-electron chi connectivity index (χ2n) is 9.57. The highest BCUT2D eigenvalue weighted by molar-refractivity contribution is 5.96. The Morgan fingerprint density at radius 2 is 2.03 bits per heavy atom. The molecule has 0 saturated heterocycles. The molecule has 0 unspecified atom stereocenters. The highest BCUT2D eigenvalue weighted by Crippen LogP contribution is 2.34. The van der Waals surface area contributed by atoms with Crippen LogP contribution in [0, 0.1) is 0 Å². The van der Waals surface area contributed by atoms with E-state index in [2.05, 4.69) is 28.0 Å². The van der Waals surface area contributed by atoms with Crippen molar-refractivity contribution >= 4 is 17.1 Å². The number of hydrogen-bond acceptors (Lipinski definition) is 6. The van der Waals surface area contributed by atoms with Gasteiger partial charge in [0.25, 0.3) is 5.91 Å². The number of fused-ring (bicyclic) bond motifs is 2. The number of methoxy groups -OCH3 is 1. The largest absolute Gasteiger partial charge is 0.496 e. The lowest BCUT2D eigenvalue weighted by molar-refractivity contribution is 0.0703. The van der Waals surface area contributed by atoms with Crippen LogP contribution in [0.5, 0.6) is 5.75 Å². The average Bonchev–Trinajstić information content (AvgIpc) is 3.30. The molecule has 1 aliphatic rings. The van der Waals surface area contributed by atoms with E-state index in [4.69, 9.17) is 9.72 Å². The SMILES string of the molecule is COc1cc(-c2cnc3[nH]cc(-c4ccc(C(=O)N(C)C[C@@H](C)O)cc4)c3n2)cc2c1CN(C)CC2. The third kappa shape index (κ3) is 4.57. The number of benzene rings is 2. The van der Waals surface area contributed by atoms with Crippen LogP contribution < -0.4 is 4.74 Å². The van der Waals surface area contributed by atoms with Crippen LogP contribution in [0.1, 0.15) is 28.4 Å². The Kier molecular flexibility index (Phi) is 6.47. The van der Waals surface area contributed by atoms with Gasteiger partial charge in [0.2, 0.25) is 0 Å². The number of hydrogen-bond donors (Lipinski definition) is 2. The molecular weight excluding hydrogens is 454 g/mol. The van der Waals surface area contributed by atoms with Crippen molar-refractivity contribution in [1.29, 1.82) is 0 Å². The molecule has 0 fully saturated rings. The molecule has 1 aliphatic heterocycles. The molecule has 0 spiro atoms. The van der Waals surface area contributed by atoms with E-state index in [1.54, 1.807) is 39.4 Å². The Balaban J connectivity index is 1.48. The summed E-state index contributed by atoms with van der Waals surface area (Å²) in [6.45, 7) is 3.84. The quantitative estimate of drug-likeness (QED) is 0.432. The zero-order valence-corrected chi connectivity index (χ0v) is 21.1. The Bertz CT molecular complexity index is 1390. The summed E-state index contributed by atoms with van der Waals surface area (Å²) in [4.78, 5) is 29.3. The predicted octanol–water partition coefficient (Wildman–Crippen LogP) is 3.74.